The molecule has 1 atom stereocenters. The Kier molecular flexibility index (Phi) is 3.66. The van der Waals surface area contributed by atoms with Crippen molar-refractivity contribution in [3.05, 3.63) is 47.8 Å². The van der Waals surface area contributed by atoms with Crippen molar-refractivity contribution in [1.82, 2.24) is 14.8 Å². The van der Waals surface area contributed by atoms with E-state index in [0.717, 1.165) is 11.4 Å². The first-order valence-electron chi connectivity index (χ1n) is 6.33. The quantitative estimate of drug-likeness (QED) is 0.920. The third-order valence-corrected chi connectivity index (χ3v) is 3.15. The van der Waals surface area contributed by atoms with Gasteiger partial charge < -0.3 is 5.73 Å². The first-order chi connectivity index (χ1) is 8.90. The number of hydrogen-bond acceptors (Lipinski definition) is 3. The van der Waals surface area contributed by atoms with Crippen molar-refractivity contribution in [2.45, 2.75) is 38.8 Å². The highest BCUT2D eigenvalue weighted by molar-refractivity contribution is 5.25. The van der Waals surface area contributed by atoms with Crippen LogP contribution < -0.4 is 5.73 Å². The highest BCUT2D eigenvalue weighted by Gasteiger charge is 2.25. The van der Waals surface area contributed by atoms with Crippen LogP contribution in [0.1, 0.15) is 38.2 Å². The Labute approximate surface area is 112 Å². The van der Waals surface area contributed by atoms with Crippen LogP contribution in [0.15, 0.2) is 30.6 Å². The van der Waals surface area contributed by atoms with Crippen molar-refractivity contribution in [3.63, 3.8) is 0 Å². The van der Waals surface area contributed by atoms with Gasteiger partial charge in [0.15, 0.2) is 0 Å². The van der Waals surface area contributed by atoms with E-state index < -0.39 is 5.54 Å². The second kappa shape index (κ2) is 5.09. The molecular weight excluding hydrogens is 243 g/mol. The van der Waals surface area contributed by atoms with Gasteiger partial charge in [0.1, 0.15) is 18.0 Å². The van der Waals surface area contributed by atoms with Gasteiger partial charge >= 0.3 is 0 Å². The minimum atomic E-state index is -0.679. The van der Waals surface area contributed by atoms with Gasteiger partial charge in [0.05, 0.1) is 0 Å². The molecule has 2 rings (SSSR count). The Bertz CT molecular complexity index is 560. The fraction of sp³-hybridized carbons (Fsp3) is 0.429. The zero-order chi connectivity index (χ0) is 14.0. The molecule has 0 aliphatic rings. The Balaban J connectivity index is 2.28. The van der Waals surface area contributed by atoms with Gasteiger partial charge in [0.25, 0.3) is 0 Å². The maximum Gasteiger partial charge on any atom is 0.138 e. The van der Waals surface area contributed by atoms with E-state index in [9.17, 15) is 4.39 Å². The normalized spacial score (nSPS) is 14.6. The Hall–Kier alpha value is -1.75. The number of halogens is 1. The average molecular weight is 262 g/mol. The molecule has 1 aromatic heterocycles. The summed E-state index contributed by atoms with van der Waals surface area (Å²) in [7, 11) is 0. The third-order valence-electron chi connectivity index (χ3n) is 3.15. The molecule has 0 bridgehead atoms. The molecule has 0 aliphatic heterocycles. The Morgan fingerprint density at radius 3 is 2.79 bits per heavy atom. The molecule has 0 spiro atoms. The van der Waals surface area contributed by atoms with E-state index in [0.29, 0.717) is 6.42 Å². The first-order valence-corrected chi connectivity index (χ1v) is 6.33. The molecule has 2 N–H and O–H groups in total. The summed E-state index contributed by atoms with van der Waals surface area (Å²) >= 11 is 0. The van der Waals surface area contributed by atoms with Gasteiger partial charge in [-0.05, 0) is 38.5 Å². The number of nitrogens with two attached hydrogens (primary N) is 1. The second-order valence-corrected chi connectivity index (χ2v) is 5.32. The summed E-state index contributed by atoms with van der Waals surface area (Å²) in [6, 6.07) is 6.61. The monoisotopic (exact) mass is 262 g/mol. The van der Waals surface area contributed by atoms with Crippen LogP contribution in [0, 0.1) is 5.82 Å². The topological polar surface area (TPSA) is 56.7 Å². The van der Waals surface area contributed by atoms with Crippen molar-refractivity contribution >= 4 is 0 Å². The lowest BCUT2D eigenvalue weighted by Gasteiger charge is -2.25. The molecular formula is C14H19FN4. The lowest BCUT2D eigenvalue weighted by Crippen LogP contribution is -2.36. The van der Waals surface area contributed by atoms with Gasteiger partial charge in [-0.15, -0.1) is 0 Å². The zero-order valence-electron chi connectivity index (χ0n) is 11.5. The van der Waals surface area contributed by atoms with E-state index >= 15 is 0 Å². The van der Waals surface area contributed by atoms with Crippen molar-refractivity contribution in [2.75, 3.05) is 0 Å². The minimum Gasteiger partial charge on any atom is -0.321 e. The number of aromatic nitrogens is 3. The first kappa shape index (κ1) is 13.7. The van der Waals surface area contributed by atoms with Gasteiger partial charge in [0, 0.05) is 18.0 Å². The van der Waals surface area contributed by atoms with Gasteiger partial charge in [0.2, 0.25) is 0 Å². The summed E-state index contributed by atoms with van der Waals surface area (Å²) in [5.41, 5.74) is 6.40. The van der Waals surface area contributed by atoms with Crippen LogP contribution in [0.3, 0.4) is 0 Å². The highest BCUT2D eigenvalue weighted by atomic mass is 19.1. The van der Waals surface area contributed by atoms with E-state index in [1.165, 1.54) is 18.5 Å². The maximum absolute atomic E-state index is 13.3. The number of rotatable bonds is 4. The molecule has 0 amide bonds. The molecule has 1 aromatic carbocycles. The van der Waals surface area contributed by atoms with E-state index in [2.05, 4.69) is 10.1 Å². The molecule has 2 aromatic rings. The number of hydrogen-bond donors (Lipinski definition) is 1. The van der Waals surface area contributed by atoms with Crippen LogP contribution in [0.5, 0.6) is 0 Å². The standard InChI is InChI=1S/C14H19FN4/c1-10(2)19-13(17-9-18-19)8-14(3,16)11-5-4-6-12(15)7-11/h4-7,9-10H,8,16H2,1-3H3. The maximum atomic E-state index is 13.3. The van der Waals surface area contributed by atoms with Crippen molar-refractivity contribution in [1.29, 1.82) is 0 Å². The number of nitrogens with zero attached hydrogens (tertiary/aromatic N) is 3. The predicted octanol–water partition coefficient (Wildman–Crippen LogP) is 2.41. The minimum absolute atomic E-state index is 0.223. The SMILES string of the molecule is CC(C)n1ncnc1CC(C)(N)c1cccc(F)c1. The van der Waals surface area contributed by atoms with Crippen LogP contribution >= 0.6 is 0 Å². The molecule has 1 unspecified atom stereocenters. The molecule has 4 nitrogen and oxygen atoms in total. The molecule has 1 heterocycles. The van der Waals surface area contributed by atoms with Gasteiger partial charge in [-0.2, -0.15) is 5.10 Å². The van der Waals surface area contributed by atoms with Crippen LogP contribution in [-0.4, -0.2) is 14.8 Å². The van der Waals surface area contributed by atoms with E-state index in [-0.39, 0.29) is 11.9 Å². The largest absolute Gasteiger partial charge is 0.321 e. The van der Waals surface area contributed by atoms with Crippen molar-refractivity contribution < 1.29 is 4.39 Å². The van der Waals surface area contributed by atoms with Crippen LogP contribution in [0.4, 0.5) is 4.39 Å². The summed E-state index contributed by atoms with van der Waals surface area (Å²) in [6.07, 6.45) is 2.03. The van der Waals surface area contributed by atoms with Crippen molar-refractivity contribution in [2.24, 2.45) is 5.73 Å². The average Bonchev–Trinajstić information content (AvgIpc) is 2.76. The molecule has 0 saturated carbocycles. The summed E-state index contributed by atoms with van der Waals surface area (Å²) in [5.74, 6) is 0.531. The van der Waals surface area contributed by atoms with Crippen LogP contribution in [0.2, 0.25) is 0 Å². The molecule has 19 heavy (non-hydrogen) atoms. The van der Waals surface area contributed by atoms with Crippen molar-refractivity contribution in [3.8, 4) is 0 Å². The molecule has 0 radical (unpaired) electrons. The van der Waals surface area contributed by atoms with E-state index in [1.807, 2.05) is 31.5 Å². The molecule has 0 fully saturated rings. The summed E-state index contributed by atoms with van der Waals surface area (Å²) < 4.78 is 15.1. The van der Waals surface area contributed by atoms with Gasteiger partial charge in [-0.25, -0.2) is 14.1 Å². The molecule has 5 heteroatoms. The molecule has 0 aliphatic carbocycles. The van der Waals surface area contributed by atoms with Gasteiger partial charge in [-0.1, -0.05) is 12.1 Å². The molecule has 0 saturated heterocycles. The zero-order valence-corrected chi connectivity index (χ0v) is 11.5. The summed E-state index contributed by atoms with van der Waals surface area (Å²) in [4.78, 5) is 4.25. The Morgan fingerprint density at radius 1 is 1.42 bits per heavy atom. The number of benzene rings is 1. The smallest absolute Gasteiger partial charge is 0.138 e. The van der Waals surface area contributed by atoms with Gasteiger partial charge in [-0.3, -0.25) is 0 Å². The van der Waals surface area contributed by atoms with E-state index in [1.54, 1.807) is 6.07 Å². The van der Waals surface area contributed by atoms with Crippen LogP contribution in [0.25, 0.3) is 0 Å². The third kappa shape index (κ3) is 2.98. The van der Waals surface area contributed by atoms with E-state index in [4.69, 9.17) is 5.73 Å². The fourth-order valence-corrected chi connectivity index (χ4v) is 2.11. The fourth-order valence-electron chi connectivity index (χ4n) is 2.11. The lowest BCUT2D eigenvalue weighted by molar-refractivity contribution is 0.431. The van der Waals surface area contributed by atoms with Crippen LogP contribution in [-0.2, 0) is 12.0 Å². The second-order valence-electron chi connectivity index (χ2n) is 5.32. The summed E-state index contributed by atoms with van der Waals surface area (Å²) in [6.45, 7) is 5.95. The summed E-state index contributed by atoms with van der Waals surface area (Å²) in [5, 5.41) is 4.19. The highest BCUT2D eigenvalue weighted by Crippen LogP contribution is 2.23. The lowest BCUT2D eigenvalue weighted by atomic mass is 9.89. The Morgan fingerprint density at radius 2 is 2.16 bits per heavy atom. The predicted molar refractivity (Wildman–Crippen MR) is 72.1 cm³/mol. The molecule has 102 valence electrons.